The number of methoxy groups -OCH3 is 1. The molecule has 0 aromatic heterocycles. The molecule has 0 spiro atoms. The van der Waals surface area contributed by atoms with Crippen molar-refractivity contribution in [3.8, 4) is 0 Å². The number of nitrogens with zero attached hydrogens (tertiary/aromatic N) is 1. The van der Waals surface area contributed by atoms with E-state index in [2.05, 4.69) is 10.1 Å². The number of nitrogens with one attached hydrogen (secondary N) is 1. The Hall–Kier alpha value is -0.860. The van der Waals surface area contributed by atoms with Crippen LogP contribution in [-0.4, -0.2) is 51.5 Å². The molecule has 22 heavy (non-hydrogen) atoms. The van der Waals surface area contributed by atoms with Gasteiger partial charge in [-0.3, -0.25) is 0 Å². The summed E-state index contributed by atoms with van der Waals surface area (Å²) in [5.74, 6) is -0.598. The van der Waals surface area contributed by atoms with Crippen LogP contribution in [0.25, 0.3) is 0 Å². The van der Waals surface area contributed by atoms with Crippen LogP contribution < -0.4 is 5.32 Å². The molecular weight excluding hydrogens is 351 g/mol. The number of halogens is 2. The lowest BCUT2D eigenvalue weighted by atomic mass is 10.2. The predicted molar refractivity (Wildman–Crippen MR) is 86.3 cm³/mol. The highest BCUT2D eigenvalue weighted by atomic mass is 35.5. The van der Waals surface area contributed by atoms with Gasteiger partial charge >= 0.3 is 5.97 Å². The number of piperazine rings is 1. The molecule has 9 heteroatoms. The van der Waals surface area contributed by atoms with E-state index in [0.29, 0.717) is 19.6 Å². The van der Waals surface area contributed by atoms with E-state index in [1.165, 1.54) is 29.6 Å². The molecule has 1 unspecified atom stereocenters. The molecule has 0 saturated carbocycles. The summed E-state index contributed by atoms with van der Waals surface area (Å²) in [5.41, 5.74) is 0.145. The Morgan fingerprint density at radius 3 is 2.68 bits per heavy atom. The second-order valence-electron chi connectivity index (χ2n) is 4.80. The smallest absolute Gasteiger partial charge is 0.339 e. The summed E-state index contributed by atoms with van der Waals surface area (Å²) in [5, 5.41) is 3.20. The second-order valence-corrected chi connectivity index (χ2v) is 7.10. The van der Waals surface area contributed by atoms with Crippen molar-refractivity contribution in [2.75, 3.05) is 26.7 Å². The van der Waals surface area contributed by atoms with Crippen molar-refractivity contribution in [3.05, 3.63) is 28.8 Å². The van der Waals surface area contributed by atoms with Crippen LogP contribution in [0.4, 0.5) is 0 Å². The van der Waals surface area contributed by atoms with Crippen LogP contribution in [0.3, 0.4) is 0 Å². The van der Waals surface area contributed by atoms with Gasteiger partial charge in [-0.25, -0.2) is 13.2 Å². The molecule has 1 aliphatic rings. The molecule has 1 atom stereocenters. The first-order chi connectivity index (χ1) is 9.87. The van der Waals surface area contributed by atoms with Crippen molar-refractivity contribution in [3.63, 3.8) is 0 Å². The van der Waals surface area contributed by atoms with E-state index in [4.69, 9.17) is 11.6 Å². The predicted octanol–water partition coefficient (Wildman–Crippen LogP) is 1.53. The highest BCUT2D eigenvalue weighted by Gasteiger charge is 2.31. The molecule has 1 aliphatic heterocycles. The van der Waals surface area contributed by atoms with Crippen molar-refractivity contribution in [1.29, 1.82) is 0 Å². The van der Waals surface area contributed by atoms with Crippen LogP contribution in [-0.2, 0) is 14.8 Å². The van der Waals surface area contributed by atoms with Gasteiger partial charge in [0.1, 0.15) is 0 Å². The van der Waals surface area contributed by atoms with Gasteiger partial charge in [0.05, 0.1) is 22.6 Å². The fourth-order valence-electron chi connectivity index (χ4n) is 2.25. The van der Waals surface area contributed by atoms with Crippen LogP contribution in [0.1, 0.15) is 17.3 Å². The summed E-state index contributed by atoms with van der Waals surface area (Å²) in [6.07, 6.45) is 0. The van der Waals surface area contributed by atoms with E-state index >= 15 is 0 Å². The molecule has 1 aromatic carbocycles. The first kappa shape index (κ1) is 19.2. The third-order valence-corrected chi connectivity index (χ3v) is 5.72. The van der Waals surface area contributed by atoms with E-state index in [0.717, 1.165) is 0 Å². The molecule has 1 aromatic rings. The van der Waals surface area contributed by atoms with Gasteiger partial charge in [0.2, 0.25) is 10.0 Å². The zero-order chi connectivity index (χ0) is 15.6. The number of carbonyl (C=O) groups is 1. The van der Waals surface area contributed by atoms with Gasteiger partial charge in [0.15, 0.2) is 0 Å². The van der Waals surface area contributed by atoms with Crippen LogP contribution in [0.15, 0.2) is 23.1 Å². The van der Waals surface area contributed by atoms with Gasteiger partial charge in [0.25, 0.3) is 0 Å². The minimum Gasteiger partial charge on any atom is -0.465 e. The van der Waals surface area contributed by atoms with E-state index in [9.17, 15) is 13.2 Å². The Morgan fingerprint density at radius 1 is 1.45 bits per heavy atom. The molecule has 124 valence electrons. The summed E-state index contributed by atoms with van der Waals surface area (Å²) < 4.78 is 31.3. The average Bonchev–Trinajstić information content (AvgIpc) is 2.46. The summed E-state index contributed by atoms with van der Waals surface area (Å²) in [6, 6.07) is 3.90. The summed E-state index contributed by atoms with van der Waals surface area (Å²) in [4.78, 5) is 11.6. The summed E-state index contributed by atoms with van der Waals surface area (Å²) >= 11 is 5.99. The number of sulfonamides is 1. The Bertz CT molecular complexity index is 651. The Balaban J connectivity index is 0.00000242. The van der Waals surface area contributed by atoms with Crippen molar-refractivity contribution < 1.29 is 17.9 Å². The van der Waals surface area contributed by atoms with Crippen LogP contribution in [0.5, 0.6) is 0 Å². The summed E-state index contributed by atoms with van der Waals surface area (Å²) in [6.45, 7) is 3.46. The quantitative estimate of drug-likeness (QED) is 0.818. The number of carbonyl (C=O) groups excluding carboxylic acids is 1. The van der Waals surface area contributed by atoms with E-state index in [1.54, 1.807) is 0 Å². The Kier molecular flexibility index (Phi) is 6.64. The second kappa shape index (κ2) is 7.61. The lowest BCUT2D eigenvalue weighted by Gasteiger charge is -2.32. The lowest BCUT2D eigenvalue weighted by Crippen LogP contribution is -2.52. The van der Waals surface area contributed by atoms with Crippen molar-refractivity contribution in [1.82, 2.24) is 9.62 Å². The maximum Gasteiger partial charge on any atom is 0.339 e. The first-order valence-corrected chi connectivity index (χ1v) is 8.30. The van der Waals surface area contributed by atoms with Crippen LogP contribution in [0.2, 0.25) is 5.02 Å². The van der Waals surface area contributed by atoms with Gasteiger partial charge in [-0.05, 0) is 25.1 Å². The maximum atomic E-state index is 12.6. The Labute approximate surface area is 141 Å². The molecule has 1 heterocycles. The zero-order valence-corrected chi connectivity index (χ0v) is 14.6. The molecule has 2 rings (SSSR count). The minimum atomic E-state index is -3.63. The molecule has 0 radical (unpaired) electrons. The number of ether oxygens (including phenoxy) is 1. The standard InChI is InChI=1S/C13H17ClN2O4S.ClH/c1-9-8-15-5-6-16(9)21(18,19)10-3-4-11(12(14)7-10)13(17)20-2;/h3-4,7,9,15H,5-6,8H2,1-2H3;1H. The highest BCUT2D eigenvalue weighted by molar-refractivity contribution is 7.89. The van der Waals surface area contributed by atoms with Gasteiger partial charge in [-0.1, -0.05) is 11.6 Å². The van der Waals surface area contributed by atoms with E-state index < -0.39 is 16.0 Å². The molecule has 1 saturated heterocycles. The normalized spacial score (nSPS) is 19.3. The number of esters is 1. The highest BCUT2D eigenvalue weighted by Crippen LogP contribution is 2.25. The molecule has 1 N–H and O–H groups in total. The SMILES string of the molecule is COC(=O)c1ccc(S(=O)(=O)N2CCNCC2C)cc1Cl.Cl. The monoisotopic (exact) mass is 368 g/mol. The lowest BCUT2D eigenvalue weighted by molar-refractivity contribution is 0.0601. The van der Waals surface area contributed by atoms with Crippen LogP contribution >= 0.6 is 24.0 Å². The average molecular weight is 369 g/mol. The molecule has 1 fully saturated rings. The minimum absolute atomic E-state index is 0. The molecule has 0 aliphatic carbocycles. The summed E-state index contributed by atoms with van der Waals surface area (Å²) in [7, 11) is -2.38. The van der Waals surface area contributed by atoms with Crippen molar-refractivity contribution in [2.45, 2.75) is 17.9 Å². The molecule has 0 bridgehead atoms. The van der Waals surface area contributed by atoms with Gasteiger partial charge in [0, 0.05) is 25.7 Å². The number of hydrogen-bond acceptors (Lipinski definition) is 5. The van der Waals surface area contributed by atoms with Crippen LogP contribution in [0, 0.1) is 0 Å². The van der Waals surface area contributed by atoms with Gasteiger partial charge < -0.3 is 10.1 Å². The third kappa shape index (κ3) is 3.72. The fraction of sp³-hybridized carbons (Fsp3) is 0.462. The number of rotatable bonds is 3. The topological polar surface area (TPSA) is 75.7 Å². The molecule has 0 amide bonds. The largest absolute Gasteiger partial charge is 0.465 e. The first-order valence-electron chi connectivity index (χ1n) is 6.48. The van der Waals surface area contributed by atoms with Gasteiger partial charge in [-0.2, -0.15) is 4.31 Å². The number of benzene rings is 1. The fourth-order valence-corrected chi connectivity index (χ4v) is 4.23. The molecular formula is C13H18Cl2N2O4S. The number of hydrogen-bond donors (Lipinski definition) is 1. The third-order valence-electron chi connectivity index (χ3n) is 3.39. The van der Waals surface area contributed by atoms with Crippen molar-refractivity contribution >= 4 is 40.0 Å². The van der Waals surface area contributed by atoms with E-state index in [-0.39, 0.29) is 33.9 Å². The molecule has 6 nitrogen and oxygen atoms in total. The maximum absolute atomic E-state index is 12.6. The zero-order valence-electron chi connectivity index (χ0n) is 12.2. The van der Waals surface area contributed by atoms with Crippen molar-refractivity contribution in [2.24, 2.45) is 0 Å². The van der Waals surface area contributed by atoms with E-state index in [1.807, 2.05) is 6.92 Å². The Morgan fingerprint density at radius 2 is 2.14 bits per heavy atom. The van der Waals surface area contributed by atoms with Gasteiger partial charge in [-0.15, -0.1) is 12.4 Å².